The number of para-hydroxylation sites is 1. The van der Waals surface area contributed by atoms with Gasteiger partial charge in [0.25, 0.3) is 0 Å². The van der Waals surface area contributed by atoms with Gasteiger partial charge in [-0.3, -0.25) is 38.4 Å². The van der Waals surface area contributed by atoms with Crippen molar-refractivity contribution in [2.45, 2.75) is 120 Å². The third-order valence-corrected chi connectivity index (χ3v) is 20.2. The van der Waals surface area contributed by atoms with Gasteiger partial charge >= 0.3 is 0 Å². The number of aliphatic hydroxyl groups is 2. The number of aromatic hydroxyl groups is 4. The zero-order chi connectivity index (χ0) is 70.5. The summed E-state index contributed by atoms with van der Waals surface area (Å²) in [5.74, 6) is -11.4. The first-order valence-electron chi connectivity index (χ1n) is 32.5. The van der Waals surface area contributed by atoms with Crippen LogP contribution in [0, 0.1) is 29.1 Å². The van der Waals surface area contributed by atoms with E-state index in [4.69, 9.17) is 39.0 Å². The fraction of sp³-hybridized carbons (Fsp3) is 0.366. The van der Waals surface area contributed by atoms with Crippen LogP contribution in [0.15, 0.2) is 115 Å². The number of thiocarbonyl (C=S) groups is 1. The van der Waals surface area contributed by atoms with Gasteiger partial charge < -0.3 is 93.3 Å². The minimum absolute atomic E-state index is 0.0138. The number of ether oxygens (including phenoxy) is 2. The van der Waals surface area contributed by atoms with E-state index in [2.05, 4.69) is 42.5 Å². The first-order chi connectivity index (χ1) is 47.2. The maximum atomic E-state index is 15.8. The Kier molecular flexibility index (Phi) is 19.4. The highest BCUT2D eigenvalue weighted by Gasteiger charge is 2.51. The Morgan fingerprint density at radius 1 is 0.677 bits per heavy atom. The summed E-state index contributed by atoms with van der Waals surface area (Å²) in [6, 6.07) is 12.6. The van der Waals surface area contributed by atoms with E-state index < -0.39 is 143 Å². The van der Waals surface area contributed by atoms with Crippen molar-refractivity contribution < 1.29 is 78.5 Å². The number of anilines is 1. The van der Waals surface area contributed by atoms with Crippen LogP contribution in [0.5, 0.6) is 46.0 Å². The molecule has 28 heteroatoms. The number of hydrogen-bond acceptors (Lipinski definition) is 17. The van der Waals surface area contributed by atoms with Crippen LogP contribution in [-0.4, -0.2) is 126 Å². The number of rotatable bonds is 11. The second-order valence-corrected chi connectivity index (χ2v) is 27.9. The molecule has 9 aliphatic rings. The number of phenols is 4. The molecule has 4 aliphatic carbocycles. The Hall–Kier alpha value is -10.2. The lowest BCUT2D eigenvalue weighted by atomic mass is 9.49. The molecule has 6 aromatic carbocycles. The van der Waals surface area contributed by atoms with Gasteiger partial charge in [0, 0.05) is 36.5 Å². The third kappa shape index (κ3) is 14.5. The van der Waals surface area contributed by atoms with E-state index in [1.54, 1.807) is 37.4 Å². The second kappa shape index (κ2) is 28.0. The maximum Gasteiger partial charge on any atom is 0.248 e. The van der Waals surface area contributed by atoms with Gasteiger partial charge in [-0.25, -0.2) is 0 Å². The predicted molar refractivity (Wildman–Crippen MR) is 362 cm³/mol. The zero-order valence-corrected chi connectivity index (χ0v) is 55.5. The molecule has 518 valence electrons. The molecule has 99 heavy (non-hydrogen) atoms. The molecule has 6 aromatic rings. The molecule has 9 atom stereocenters. The molecule has 5 heterocycles. The summed E-state index contributed by atoms with van der Waals surface area (Å²) in [6.07, 6.45) is 1.22. The topological polar surface area (TPSA) is 402 Å². The summed E-state index contributed by atoms with van der Waals surface area (Å²) in [7, 11) is 1.56. The number of carbonyl (C=O) groups is 8. The Morgan fingerprint density at radius 2 is 1.30 bits per heavy atom. The van der Waals surface area contributed by atoms with E-state index in [1.165, 1.54) is 59.5 Å². The van der Waals surface area contributed by atoms with E-state index >= 15 is 28.8 Å². The van der Waals surface area contributed by atoms with Gasteiger partial charge in [-0.15, -0.1) is 0 Å². The van der Waals surface area contributed by atoms with Gasteiger partial charge in [-0.05, 0) is 181 Å². The summed E-state index contributed by atoms with van der Waals surface area (Å²) in [4.78, 5) is 121. The number of carbonyl (C=O) groups excluding carboxylic acids is 8. The van der Waals surface area contributed by atoms with Crippen LogP contribution in [0.4, 0.5) is 5.69 Å². The molecular weight excluding hydrogens is 1320 g/mol. The SMILES string of the molecule is CC(C)C[C@H](C(=O)N[C@H]1C(=O)N[C@@H](CC(N)=O)C(=O)N[C@H]2C(=O)N[C@H]3C(=O)N[C@H](C(=O)N[C@H](C(=O)NCC45CC6CC(CC(C6)C4)C5)c4cc(O)cc(O)c4-c4cc3ccc4O)[C@H](O)c3ccc(cc3)Oc3cc2cc(c3O)Oc2ccc(cc2Cl)[C@H]1O)N(C)C(=S)Nc1ccccc1. The van der Waals surface area contributed by atoms with Crippen molar-refractivity contribution in [2.24, 2.45) is 34.8 Å². The fourth-order valence-corrected chi connectivity index (χ4v) is 15.6. The number of amides is 8. The standard InChI is InChI=1S/C71H75ClN10O16S/c1-32(2)17-47(82(3)70(99)75-40-7-5-4-6-8-40)64(91)80-59-61(88)38-12-16-50(45(72)22-38)98-52-24-39-23-51(62(52)89)97-42-13-9-36(10-14-42)60(87)58-69(96)79-57(65(92)74-31-71-28-33-18-34(29-71)20-35(19-33)30-71)44-25-41(83)26-49(85)54(44)43-21-37(11-15-48(43)84)55(66(93)81-58)78-67(94)56(39)77-63(90)46(27-53(73)86)76-68(59)95/h4-16,21-26,32-35,46-47,55-61,83-85,87-89H,17-20,27-31H2,1-3H3,(H2,73,86)(H,74,92)(H,75,99)(H,76,95)(H,77,90)(H,78,94)(H,79,96)(H,80,91)(H,81,93)/t33?,34?,35?,46-,47+,55+,56+,57-,58-,59+,60+,61+,71?/m0/s1. The van der Waals surface area contributed by atoms with Crippen LogP contribution in [0.3, 0.4) is 0 Å². The van der Waals surface area contributed by atoms with Crippen LogP contribution in [0.2, 0.25) is 5.02 Å². The molecule has 15 bridgehead atoms. The average Bonchev–Trinajstić information content (AvgIpc) is 0.763. The maximum absolute atomic E-state index is 15.8. The average molecular weight is 1390 g/mol. The molecular formula is C71H75ClN10O16S. The third-order valence-electron chi connectivity index (χ3n) is 19.5. The van der Waals surface area contributed by atoms with Crippen molar-refractivity contribution in [3.8, 4) is 57.1 Å². The van der Waals surface area contributed by atoms with Crippen molar-refractivity contribution in [2.75, 3.05) is 18.9 Å². The summed E-state index contributed by atoms with van der Waals surface area (Å²) in [5, 5.41) is 93.3. The van der Waals surface area contributed by atoms with Crippen molar-refractivity contribution >= 4 is 81.9 Å². The van der Waals surface area contributed by atoms with Crippen molar-refractivity contribution in [3.05, 3.63) is 148 Å². The number of benzene rings is 6. The molecule has 4 fully saturated rings. The highest BCUT2D eigenvalue weighted by Crippen LogP contribution is 2.60. The molecule has 0 radical (unpaired) electrons. The van der Waals surface area contributed by atoms with Crippen molar-refractivity contribution in [1.29, 1.82) is 0 Å². The fourth-order valence-electron chi connectivity index (χ4n) is 15.1. The van der Waals surface area contributed by atoms with Crippen LogP contribution < -0.4 is 57.7 Å². The number of nitrogens with one attached hydrogen (secondary N) is 8. The monoisotopic (exact) mass is 1390 g/mol. The van der Waals surface area contributed by atoms with Crippen molar-refractivity contribution in [3.63, 3.8) is 0 Å². The molecule has 0 saturated heterocycles. The minimum Gasteiger partial charge on any atom is -0.508 e. The van der Waals surface area contributed by atoms with E-state index in [0.717, 1.165) is 68.9 Å². The number of primary amides is 1. The molecule has 5 aliphatic heterocycles. The lowest BCUT2D eigenvalue weighted by Gasteiger charge is -2.57. The molecule has 16 N–H and O–H groups in total. The van der Waals surface area contributed by atoms with E-state index in [9.17, 15) is 40.2 Å². The quantitative estimate of drug-likeness (QED) is 0.0651. The molecule has 0 spiro atoms. The smallest absolute Gasteiger partial charge is 0.248 e. The van der Waals surface area contributed by atoms with E-state index in [1.807, 2.05) is 13.8 Å². The summed E-state index contributed by atoms with van der Waals surface area (Å²) < 4.78 is 12.5. The van der Waals surface area contributed by atoms with Gasteiger partial charge in [-0.1, -0.05) is 67.9 Å². The molecule has 0 unspecified atom stereocenters. The van der Waals surface area contributed by atoms with Crippen LogP contribution in [0.25, 0.3) is 11.1 Å². The number of nitrogens with two attached hydrogens (primary N) is 1. The minimum atomic E-state index is -2.14. The number of aliphatic hydroxyl groups excluding tert-OH is 2. The van der Waals surface area contributed by atoms with E-state index in [-0.39, 0.29) is 84.9 Å². The lowest BCUT2D eigenvalue weighted by Crippen LogP contribution is -2.59. The zero-order valence-electron chi connectivity index (χ0n) is 53.9. The molecule has 8 amide bonds. The summed E-state index contributed by atoms with van der Waals surface area (Å²) >= 11 is 12.7. The molecule has 26 nitrogen and oxygen atoms in total. The number of phenolic OH excluding ortho intramolecular Hbond substituents is 4. The number of nitrogens with zero attached hydrogens (tertiary/aromatic N) is 1. The predicted octanol–water partition coefficient (Wildman–Crippen LogP) is 6.10. The van der Waals surface area contributed by atoms with Gasteiger partial charge in [0.1, 0.15) is 83.2 Å². The van der Waals surface area contributed by atoms with Crippen LogP contribution in [0.1, 0.15) is 123 Å². The molecule has 15 rings (SSSR count). The first kappa shape index (κ1) is 68.7. The van der Waals surface area contributed by atoms with Gasteiger partial charge in [0.15, 0.2) is 16.6 Å². The summed E-state index contributed by atoms with van der Waals surface area (Å²) in [5.41, 5.74) is 4.75. The Balaban J connectivity index is 0.959. The van der Waals surface area contributed by atoms with Gasteiger partial charge in [0.05, 0.1) is 11.4 Å². The van der Waals surface area contributed by atoms with Gasteiger partial charge in [0.2, 0.25) is 53.0 Å². The Labute approximate surface area is 578 Å². The van der Waals surface area contributed by atoms with Crippen LogP contribution in [-0.2, 0) is 38.4 Å². The van der Waals surface area contributed by atoms with Crippen molar-refractivity contribution in [1.82, 2.24) is 42.1 Å². The number of fused-ring (bicyclic) bond motifs is 15. The number of halogens is 1. The number of hydrogen-bond donors (Lipinski definition) is 15. The highest BCUT2D eigenvalue weighted by molar-refractivity contribution is 7.80. The van der Waals surface area contributed by atoms with Gasteiger partial charge in [-0.2, -0.15) is 0 Å². The molecule has 4 saturated carbocycles. The largest absolute Gasteiger partial charge is 0.508 e. The highest BCUT2D eigenvalue weighted by atomic mass is 35.5. The Morgan fingerprint density at radius 3 is 1.96 bits per heavy atom. The normalized spacial score (nSPS) is 25.8. The number of likely N-dealkylation sites (N-methyl/N-ethyl adjacent to an activating group) is 1. The molecule has 0 aromatic heterocycles. The van der Waals surface area contributed by atoms with E-state index in [0.29, 0.717) is 23.4 Å². The first-order valence-corrected chi connectivity index (χ1v) is 33.3. The van der Waals surface area contributed by atoms with Crippen LogP contribution >= 0.6 is 23.8 Å². The summed E-state index contributed by atoms with van der Waals surface area (Å²) in [6.45, 7) is 3.93. The lowest BCUT2D eigenvalue weighted by molar-refractivity contribution is -0.138. The Bertz CT molecular complexity index is 4200. The second-order valence-electron chi connectivity index (χ2n) is 27.1.